The number of amides is 2. The fraction of sp³-hybridized carbons (Fsp3) is 0.700. The number of halogens is 1. The van der Waals surface area contributed by atoms with E-state index in [0.29, 0.717) is 3.11 Å². The second-order valence-electron chi connectivity index (χ2n) is 4.38. The smallest absolute Gasteiger partial charge is 0.420 e. The van der Waals surface area contributed by atoms with Crippen LogP contribution < -0.4 is 0 Å². The highest BCUT2D eigenvalue weighted by atomic mass is 127. The molecule has 0 saturated heterocycles. The van der Waals surface area contributed by atoms with Gasteiger partial charge in [-0.05, 0) is 27.7 Å². The molecule has 0 heterocycles. The van der Waals surface area contributed by atoms with Gasteiger partial charge in [-0.3, -0.25) is 4.79 Å². The Hall–Kier alpha value is -1.26. The molecule has 0 spiro atoms. The van der Waals surface area contributed by atoms with Crippen molar-refractivity contribution in [1.82, 2.24) is 3.11 Å². The van der Waals surface area contributed by atoms with E-state index in [9.17, 15) is 19.3 Å². The molecule has 0 aliphatic rings. The first kappa shape index (κ1) is 17.7. The zero-order chi connectivity index (χ0) is 15.2. The summed E-state index contributed by atoms with van der Waals surface area (Å²) in [4.78, 5) is 44.9. The van der Waals surface area contributed by atoms with Gasteiger partial charge in [0.2, 0.25) is 6.04 Å². The lowest BCUT2D eigenvalue weighted by Gasteiger charge is -2.25. The van der Waals surface area contributed by atoms with E-state index in [1.807, 2.05) is 0 Å². The molecule has 0 radical (unpaired) electrons. The number of carbonyl (C=O) groups excluding carboxylic acids is 3. The average molecular weight is 386 g/mol. The van der Waals surface area contributed by atoms with Gasteiger partial charge in [-0.15, -0.1) is 4.91 Å². The van der Waals surface area contributed by atoms with E-state index >= 15 is 0 Å². The van der Waals surface area contributed by atoms with Crippen LogP contribution in [-0.2, 0) is 19.1 Å². The zero-order valence-corrected chi connectivity index (χ0v) is 13.2. The van der Waals surface area contributed by atoms with Crippen molar-refractivity contribution in [3.05, 3.63) is 4.91 Å². The fourth-order valence-corrected chi connectivity index (χ4v) is 1.54. The standard InChI is InChI=1S/C10H15IN2O6/c1-5-18-8(15)6(7(14)12-17)13(11)9(16)19-10(2,3)4/h6H,5H2,1-4H3. The van der Waals surface area contributed by atoms with Gasteiger partial charge in [-0.25, -0.2) is 12.7 Å². The van der Waals surface area contributed by atoms with E-state index in [1.165, 1.54) is 29.8 Å². The topological polar surface area (TPSA) is 102 Å². The Morgan fingerprint density at radius 3 is 2.21 bits per heavy atom. The van der Waals surface area contributed by atoms with Gasteiger partial charge in [0.15, 0.2) is 0 Å². The van der Waals surface area contributed by atoms with Crippen molar-refractivity contribution < 1.29 is 23.9 Å². The van der Waals surface area contributed by atoms with Crippen LogP contribution in [0.4, 0.5) is 4.79 Å². The van der Waals surface area contributed by atoms with Crippen molar-refractivity contribution in [1.29, 1.82) is 0 Å². The van der Waals surface area contributed by atoms with Gasteiger partial charge in [0.1, 0.15) is 5.60 Å². The van der Waals surface area contributed by atoms with Crippen LogP contribution in [0.3, 0.4) is 0 Å². The Morgan fingerprint density at radius 2 is 1.84 bits per heavy atom. The van der Waals surface area contributed by atoms with Crippen LogP contribution in [0.5, 0.6) is 0 Å². The summed E-state index contributed by atoms with van der Waals surface area (Å²) in [6, 6.07) is -1.74. The molecule has 0 N–H and O–H groups in total. The minimum Gasteiger partial charge on any atom is -0.464 e. The normalized spacial score (nSPS) is 12.3. The van der Waals surface area contributed by atoms with Crippen LogP contribution in [0.1, 0.15) is 27.7 Å². The molecule has 0 fully saturated rings. The molecule has 9 heteroatoms. The van der Waals surface area contributed by atoms with Crippen molar-refractivity contribution in [3.63, 3.8) is 0 Å². The Bertz CT molecular complexity index is 379. The highest BCUT2D eigenvalue weighted by Crippen LogP contribution is 2.17. The number of nitrogens with zero attached hydrogens (tertiary/aromatic N) is 2. The lowest BCUT2D eigenvalue weighted by Crippen LogP contribution is -2.46. The van der Waals surface area contributed by atoms with Gasteiger partial charge in [-0.2, -0.15) is 0 Å². The maximum absolute atomic E-state index is 11.7. The number of carbonyl (C=O) groups is 3. The third-order valence-electron chi connectivity index (χ3n) is 1.63. The van der Waals surface area contributed by atoms with Crippen LogP contribution in [0.25, 0.3) is 0 Å². The van der Waals surface area contributed by atoms with Gasteiger partial charge >= 0.3 is 18.0 Å². The summed E-state index contributed by atoms with van der Waals surface area (Å²) in [6.45, 7) is 6.39. The van der Waals surface area contributed by atoms with Crippen molar-refractivity contribution in [2.24, 2.45) is 5.18 Å². The largest absolute Gasteiger partial charge is 0.464 e. The van der Waals surface area contributed by atoms with E-state index < -0.39 is 29.6 Å². The molecule has 0 aromatic rings. The summed E-state index contributed by atoms with van der Waals surface area (Å²) in [5.41, 5.74) is -0.808. The highest BCUT2D eigenvalue weighted by Gasteiger charge is 2.39. The SMILES string of the molecule is CCOC(=O)C(C(=O)N=O)N(I)C(=O)OC(C)(C)C. The molecular weight excluding hydrogens is 371 g/mol. The number of ether oxygens (including phenoxy) is 2. The summed E-state index contributed by atoms with van der Waals surface area (Å²) in [5.74, 6) is -2.36. The molecule has 0 bridgehead atoms. The Balaban J connectivity index is 5.05. The molecule has 0 rings (SSSR count). The zero-order valence-electron chi connectivity index (χ0n) is 11.0. The number of rotatable bonds is 4. The first-order valence-corrected chi connectivity index (χ1v) is 6.32. The molecule has 108 valence electrons. The summed E-state index contributed by atoms with van der Waals surface area (Å²) in [6.07, 6.45) is -0.942. The van der Waals surface area contributed by atoms with Crippen molar-refractivity contribution in [2.75, 3.05) is 6.61 Å². The minimum atomic E-state index is -1.74. The quantitative estimate of drug-likeness (QED) is 0.240. The first-order valence-electron chi connectivity index (χ1n) is 5.35. The summed E-state index contributed by atoms with van der Waals surface area (Å²) in [5, 5.41) is 2.15. The van der Waals surface area contributed by atoms with Crippen LogP contribution in [0.15, 0.2) is 5.18 Å². The summed E-state index contributed by atoms with van der Waals surface area (Å²) in [7, 11) is 0. The van der Waals surface area contributed by atoms with E-state index in [1.54, 1.807) is 20.8 Å². The molecule has 1 atom stereocenters. The Labute approximate surface area is 124 Å². The fourth-order valence-electron chi connectivity index (χ4n) is 0.972. The van der Waals surface area contributed by atoms with Gasteiger partial charge in [0.05, 0.1) is 29.5 Å². The van der Waals surface area contributed by atoms with Crippen LogP contribution in [0.2, 0.25) is 0 Å². The highest BCUT2D eigenvalue weighted by molar-refractivity contribution is 14.1. The summed E-state index contributed by atoms with van der Waals surface area (Å²) < 4.78 is 10.3. The third-order valence-corrected chi connectivity index (χ3v) is 2.58. The van der Waals surface area contributed by atoms with Crippen LogP contribution >= 0.6 is 22.9 Å². The number of hydrogen-bond donors (Lipinski definition) is 0. The molecule has 19 heavy (non-hydrogen) atoms. The lowest BCUT2D eigenvalue weighted by molar-refractivity contribution is -0.150. The molecule has 0 aliphatic heterocycles. The lowest BCUT2D eigenvalue weighted by atomic mass is 10.2. The molecule has 0 aliphatic carbocycles. The van der Waals surface area contributed by atoms with E-state index in [2.05, 4.69) is 9.91 Å². The van der Waals surface area contributed by atoms with E-state index in [-0.39, 0.29) is 6.61 Å². The maximum Gasteiger partial charge on any atom is 0.420 e. The second kappa shape index (κ2) is 7.36. The van der Waals surface area contributed by atoms with E-state index in [4.69, 9.17) is 4.74 Å². The minimum absolute atomic E-state index is 0.000267. The predicted molar refractivity (Wildman–Crippen MR) is 73.3 cm³/mol. The van der Waals surface area contributed by atoms with Crippen molar-refractivity contribution in [3.8, 4) is 0 Å². The molecule has 2 amide bonds. The molecule has 1 unspecified atom stereocenters. The molecular formula is C10H15IN2O6. The predicted octanol–water partition coefficient (Wildman–Crippen LogP) is 1.80. The number of nitroso groups, excluding NO2 is 1. The van der Waals surface area contributed by atoms with Gasteiger partial charge in [-0.1, -0.05) is 0 Å². The third kappa shape index (κ3) is 5.94. The monoisotopic (exact) mass is 386 g/mol. The average Bonchev–Trinajstić information content (AvgIpc) is 2.26. The van der Waals surface area contributed by atoms with Gasteiger partial charge in [0, 0.05) is 5.18 Å². The molecule has 0 saturated carbocycles. The van der Waals surface area contributed by atoms with Crippen LogP contribution in [0, 0.1) is 4.91 Å². The summed E-state index contributed by atoms with van der Waals surface area (Å²) >= 11 is 1.40. The molecule has 0 aromatic heterocycles. The number of esters is 1. The second-order valence-corrected chi connectivity index (χ2v) is 5.42. The van der Waals surface area contributed by atoms with Crippen molar-refractivity contribution >= 4 is 40.8 Å². The molecule has 8 nitrogen and oxygen atoms in total. The van der Waals surface area contributed by atoms with Gasteiger partial charge in [0.25, 0.3) is 0 Å². The van der Waals surface area contributed by atoms with Crippen molar-refractivity contribution in [2.45, 2.75) is 39.3 Å². The van der Waals surface area contributed by atoms with Gasteiger partial charge < -0.3 is 9.47 Å². The maximum atomic E-state index is 11.7. The number of hydrogen-bond acceptors (Lipinski definition) is 6. The Morgan fingerprint density at radius 1 is 1.32 bits per heavy atom. The Kier molecular flexibility index (Phi) is 6.87. The van der Waals surface area contributed by atoms with Crippen LogP contribution in [-0.4, -0.2) is 39.3 Å². The first-order chi connectivity index (χ1) is 8.64. The molecule has 0 aromatic carbocycles. The van der Waals surface area contributed by atoms with E-state index in [0.717, 1.165) is 0 Å².